The van der Waals surface area contributed by atoms with Gasteiger partial charge in [0, 0.05) is 50.0 Å². The van der Waals surface area contributed by atoms with E-state index in [1.807, 2.05) is 12.1 Å². The Hall–Kier alpha value is -2.12. The lowest BCUT2D eigenvalue weighted by Gasteiger charge is -2.35. The third kappa shape index (κ3) is 5.20. The van der Waals surface area contributed by atoms with Gasteiger partial charge in [0.05, 0.1) is 13.2 Å². The van der Waals surface area contributed by atoms with Crippen LogP contribution in [0.1, 0.15) is 30.6 Å². The van der Waals surface area contributed by atoms with Crippen LogP contribution in [-0.2, 0) is 4.74 Å². The molecule has 3 rings (SSSR count). The number of amides is 3. The van der Waals surface area contributed by atoms with Gasteiger partial charge < -0.3 is 15.4 Å². The van der Waals surface area contributed by atoms with E-state index in [0.29, 0.717) is 37.2 Å². The molecule has 0 spiro atoms. The van der Waals surface area contributed by atoms with Crippen LogP contribution in [0.5, 0.6) is 0 Å². The zero-order valence-electron chi connectivity index (χ0n) is 16.2. The Labute approximate surface area is 161 Å². The van der Waals surface area contributed by atoms with Crippen LogP contribution in [0.3, 0.4) is 0 Å². The Morgan fingerprint density at radius 1 is 1.19 bits per heavy atom. The Morgan fingerprint density at radius 3 is 2.48 bits per heavy atom. The van der Waals surface area contributed by atoms with Crippen molar-refractivity contribution in [2.45, 2.75) is 26.3 Å². The lowest BCUT2D eigenvalue weighted by Crippen LogP contribution is -2.49. The van der Waals surface area contributed by atoms with E-state index < -0.39 is 0 Å². The lowest BCUT2D eigenvalue weighted by molar-refractivity contribution is 0.0124. The summed E-state index contributed by atoms with van der Waals surface area (Å²) in [5.74, 6) is 0.495. The molecule has 2 aliphatic rings. The maximum absolute atomic E-state index is 12.6. The van der Waals surface area contributed by atoms with Crippen molar-refractivity contribution in [2.24, 2.45) is 5.92 Å². The van der Waals surface area contributed by atoms with Crippen molar-refractivity contribution in [1.29, 1.82) is 0 Å². The number of hydrogen-bond acceptors (Lipinski definition) is 4. The second-order valence-electron chi connectivity index (χ2n) is 7.57. The number of nitrogens with one attached hydrogen (secondary N) is 2. The van der Waals surface area contributed by atoms with Crippen molar-refractivity contribution < 1.29 is 14.3 Å². The minimum absolute atomic E-state index is 0.0746. The van der Waals surface area contributed by atoms with Gasteiger partial charge in [0.25, 0.3) is 5.91 Å². The van der Waals surface area contributed by atoms with Crippen molar-refractivity contribution >= 4 is 17.6 Å². The summed E-state index contributed by atoms with van der Waals surface area (Å²) in [4.78, 5) is 28.4. The maximum atomic E-state index is 12.6. The summed E-state index contributed by atoms with van der Waals surface area (Å²) in [5, 5.41) is 5.86. The molecule has 2 aliphatic heterocycles. The quantitative estimate of drug-likeness (QED) is 0.762. The first-order chi connectivity index (χ1) is 13.0. The molecule has 2 N–H and O–H groups in total. The van der Waals surface area contributed by atoms with E-state index in [1.54, 1.807) is 17.0 Å². The Morgan fingerprint density at radius 2 is 1.89 bits per heavy atom. The summed E-state index contributed by atoms with van der Waals surface area (Å²) >= 11 is 0. The van der Waals surface area contributed by atoms with Gasteiger partial charge in [-0.3, -0.25) is 14.6 Å². The van der Waals surface area contributed by atoms with E-state index in [1.165, 1.54) is 0 Å². The predicted molar refractivity (Wildman–Crippen MR) is 105 cm³/mol. The van der Waals surface area contributed by atoms with Gasteiger partial charge in [-0.15, -0.1) is 0 Å². The number of nitrogens with zero attached hydrogens (tertiary/aromatic N) is 2. The van der Waals surface area contributed by atoms with Crippen LogP contribution in [0.25, 0.3) is 0 Å². The fourth-order valence-corrected chi connectivity index (χ4v) is 3.67. The fourth-order valence-electron chi connectivity index (χ4n) is 3.67. The Kier molecular flexibility index (Phi) is 6.68. The zero-order chi connectivity index (χ0) is 19.2. The third-order valence-electron chi connectivity index (χ3n) is 5.10. The van der Waals surface area contributed by atoms with Gasteiger partial charge in [-0.25, -0.2) is 4.79 Å². The molecule has 2 fully saturated rings. The highest BCUT2D eigenvalue weighted by Gasteiger charge is 2.23. The first-order valence-corrected chi connectivity index (χ1v) is 9.80. The minimum atomic E-state index is -0.0887. The number of ether oxygens (including phenoxy) is 1. The van der Waals surface area contributed by atoms with E-state index in [9.17, 15) is 9.59 Å². The zero-order valence-corrected chi connectivity index (χ0v) is 16.2. The molecule has 7 nitrogen and oxygen atoms in total. The third-order valence-corrected chi connectivity index (χ3v) is 5.10. The molecule has 1 aromatic rings. The minimum Gasteiger partial charge on any atom is -0.379 e. The van der Waals surface area contributed by atoms with Crippen LogP contribution in [0, 0.1) is 5.92 Å². The number of urea groups is 1. The molecule has 0 bridgehead atoms. The van der Waals surface area contributed by atoms with E-state index in [2.05, 4.69) is 29.4 Å². The van der Waals surface area contributed by atoms with Crippen molar-refractivity contribution in [3.8, 4) is 0 Å². The molecule has 1 unspecified atom stereocenters. The van der Waals surface area contributed by atoms with Crippen molar-refractivity contribution in [1.82, 2.24) is 15.5 Å². The summed E-state index contributed by atoms with van der Waals surface area (Å²) in [6.07, 6.45) is 1.04. The second-order valence-corrected chi connectivity index (χ2v) is 7.57. The summed E-state index contributed by atoms with van der Waals surface area (Å²) in [5.41, 5.74) is 1.43. The molecule has 3 amide bonds. The molecular weight excluding hydrogens is 344 g/mol. The lowest BCUT2D eigenvalue weighted by atomic mass is 10.0. The number of hydrogen-bond donors (Lipinski definition) is 2. The van der Waals surface area contributed by atoms with Gasteiger partial charge >= 0.3 is 6.03 Å². The first kappa shape index (κ1) is 19.6. The molecule has 0 aliphatic carbocycles. The van der Waals surface area contributed by atoms with Crippen LogP contribution in [0.2, 0.25) is 0 Å². The van der Waals surface area contributed by atoms with Gasteiger partial charge in [-0.1, -0.05) is 13.8 Å². The predicted octanol–water partition coefficient (Wildman–Crippen LogP) is 1.69. The molecule has 148 valence electrons. The molecule has 0 aromatic heterocycles. The molecule has 2 saturated heterocycles. The average Bonchev–Trinajstić information content (AvgIpc) is 3.11. The molecule has 1 atom stereocenters. The van der Waals surface area contributed by atoms with Gasteiger partial charge in [0.1, 0.15) is 0 Å². The summed E-state index contributed by atoms with van der Waals surface area (Å²) in [7, 11) is 0. The number of rotatable bonds is 7. The fraction of sp³-hybridized carbons (Fsp3) is 0.600. The van der Waals surface area contributed by atoms with Crippen LogP contribution >= 0.6 is 0 Å². The molecular formula is C20H30N4O3. The van der Waals surface area contributed by atoms with Crippen LogP contribution in [-0.4, -0.2) is 68.8 Å². The molecule has 0 saturated carbocycles. The van der Waals surface area contributed by atoms with E-state index in [0.717, 1.165) is 38.4 Å². The SMILES string of the molecule is CC(C)CC(CNC(=O)c1ccc(N2CCNC2=O)cc1)N1CCOCC1. The number of carbonyl (C=O) groups excluding carboxylic acids is 2. The average molecular weight is 374 g/mol. The monoisotopic (exact) mass is 374 g/mol. The normalized spacial score (nSPS) is 19.2. The van der Waals surface area contributed by atoms with E-state index in [4.69, 9.17) is 4.74 Å². The molecule has 0 radical (unpaired) electrons. The highest BCUT2D eigenvalue weighted by Crippen LogP contribution is 2.18. The van der Waals surface area contributed by atoms with E-state index >= 15 is 0 Å². The summed E-state index contributed by atoms with van der Waals surface area (Å²) < 4.78 is 5.45. The van der Waals surface area contributed by atoms with Gasteiger partial charge in [0.2, 0.25) is 0 Å². The van der Waals surface area contributed by atoms with Crippen LogP contribution in [0.15, 0.2) is 24.3 Å². The van der Waals surface area contributed by atoms with Crippen molar-refractivity contribution in [3.63, 3.8) is 0 Å². The number of morpholine rings is 1. The molecule has 7 heteroatoms. The Balaban J connectivity index is 1.57. The standard InChI is InChI=1S/C20H30N4O3/c1-15(2)13-18(23-9-11-27-12-10-23)14-22-19(25)16-3-5-17(6-4-16)24-8-7-21-20(24)26/h3-6,15,18H,7-14H2,1-2H3,(H,21,26)(H,22,25). The van der Waals surface area contributed by atoms with Crippen molar-refractivity contribution in [3.05, 3.63) is 29.8 Å². The molecule has 2 heterocycles. The largest absolute Gasteiger partial charge is 0.379 e. The van der Waals surface area contributed by atoms with Gasteiger partial charge in [-0.2, -0.15) is 0 Å². The topological polar surface area (TPSA) is 73.9 Å². The summed E-state index contributed by atoms with van der Waals surface area (Å²) in [6.45, 7) is 9.71. The number of carbonyl (C=O) groups is 2. The Bertz CT molecular complexity index is 641. The highest BCUT2D eigenvalue weighted by molar-refractivity contribution is 5.97. The van der Waals surface area contributed by atoms with Gasteiger partial charge in [0.15, 0.2) is 0 Å². The number of anilines is 1. The highest BCUT2D eigenvalue weighted by atomic mass is 16.5. The molecule has 27 heavy (non-hydrogen) atoms. The van der Waals surface area contributed by atoms with Crippen LogP contribution < -0.4 is 15.5 Å². The smallest absolute Gasteiger partial charge is 0.321 e. The number of benzene rings is 1. The van der Waals surface area contributed by atoms with Gasteiger partial charge in [-0.05, 0) is 36.6 Å². The summed E-state index contributed by atoms with van der Waals surface area (Å²) in [6, 6.07) is 7.45. The first-order valence-electron chi connectivity index (χ1n) is 9.80. The van der Waals surface area contributed by atoms with E-state index in [-0.39, 0.29) is 11.9 Å². The molecule has 1 aromatic carbocycles. The van der Waals surface area contributed by atoms with Crippen molar-refractivity contribution in [2.75, 3.05) is 50.8 Å². The second kappa shape index (κ2) is 9.19. The van der Waals surface area contributed by atoms with Crippen LogP contribution in [0.4, 0.5) is 10.5 Å². The maximum Gasteiger partial charge on any atom is 0.321 e.